The van der Waals surface area contributed by atoms with Crippen LogP contribution in [0.5, 0.6) is 5.75 Å². The molecule has 0 saturated heterocycles. The van der Waals surface area contributed by atoms with Gasteiger partial charge in [-0.05, 0) is 62.3 Å². The maximum atomic E-state index is 12.4. The number of rotatable bonds is 10. The SMILES string of the molecule is CCN(CC)[C@@H](Cc1cc(OCc2cc(C)nc3ccccc23)ccc1C(N)=O)C(=O)NO. The molecule has 33 heavy (non-hydrogen) atoms. The third kappa shape index (κ3) is 5.66. The van der Waals surface area contributed by atoms with Gasteiger partial charge in [0.25, 0.3) is 5.91 Å². The van der Waals surface area contributed by atoms with Crippen molar-refractivity contribution >= 4 is 22.7 Å². The van der Waals surface area contributed by atoms with Crippen LogP contribution in [-0.4, -0.2) is 46.0 Å². The number of hydroxylamine groups is 1. The number of benzene rings is 2. The van der Waals surface area contributed by atoms with Gasteiger partial charge in [0.05, 0.1) is 11.6 Å². The van der Waals surface area contributed by atoms with E-state index in [0.29, 0.717) is 36.6 Å². The molecule has 4 N–H and O–H groups in total. The Balaban J connectivity index is 1.90. The highest BCUT2D eigenvalue weighted by Gasteiger charge is 2.26. The van der Waals surface area contributed by atoms with E-state index in [1.807, 2.05) is 56.0 Å². The highest BCUT2D eigenvalue weighted by molar-refractivity contribution is 5.95. The first-order valence-corrected chi connectivity index (χ1v) is 11.0. The molecule has 1 aromatic heterocycles. The molecule has 3 rings (SSSR count). The van der Waals surface area contributed by atoms with E-state index in [4.69, 9.17) is 10.5 Å². The molecule has 0 aliphatic heterocycles. The summed E-state index contributed by atoms with van der Waals surface area (Å²) in [4.78, 5) is 30.8. The molecule has 0 radical (unpaired) electrons. The number of nitrogens with one attached hydrogen (secondary N) is 1. The van der Waals surface area contributed by atoms with Crippen molar-refractivity contribution in [3.63, 3.8) is 0 Å². The number of pyridine rings is 1. The molecular weight excluding hydrogens is 420 g/mol. The van der Waals surface area contributed by atoms with Crippen molar-refractivity contribution in [1.29, 1.82) is 0 Å². The number of carbonyl (C=O) groups excluding carboxylic acids is 2. The molecule has 0 fully saturated rings. The predicted molar refractivity (Wildman–Crippen MR) is 126 cm³/mol. The highest BCUT2D eigenvalue weighted by Crippen LogP contribution is 2.24. The third-order valence-corrected chi connectivity index (χ3v) is 5.75. The molecule has 2 aromatic carbocycles. The Bertz CT molecular complexity index is 1140. The average molecular weight is 451 g/mol. The van der Waals surface area contributed by atoms with Gasteiger partial charge in [0.15, 0.2) is 0 Å². The van der Waals surface area contributed by atoms with Crippen LogP contribution in [-0.2, 0) is 17.8 Å². The molecule has 3 aromatic rings. The monoisotopic (exact) mass is 450 g/mol. The summed E-state index contributed by atoms with van der Waals surface area (Å²) in [6, 6.07) is 14.2. The van der Waals surface area contributed by atoms with E-state index in [0.717, 1.165) is 22.2 Å². The standard InChI is InChI=1S/C25H30N4O4/c1-4-29(5-2)23(25(31)28-32)14-17-13-19(10-11-21(17)24(26)30)33-15-18-12-16(3)27-22-9-7-6-8-20(18)22/h6-13,23,32H,4-5,14-15H2,1-3H3,(H2,26,30)(H,28,31)/t23-/m0/s1. The minimum atomic E-state index is -0.662. The second-order valence-electron chi connectivity index (χ2n) is 7.83. The van der Waals surface area contributed by atoms with E-state index in [2.05, 4.69) is 4.98 Å². The topological polar surface area (TPSA) is 118 Å². The van der Waals surface area contributed by atoms with E-state index >= 15 is 0 Å². The Morgan fingerprint density at radius 1 is 1.12 bits per heavy atom. The van der Waals surface area contributed by atoms with Gasteiger partial charge in [0.2, 0.25) is 5.91 Å². The van der Waals surface area contributed by atoms with Crippen molar-refractivity contribution in [1.82, 2.24) is 15.4 Å². The Kier molecular flexibility index (Phi) is 7.97. The predicted octanol–water partition coefficient (Wildman–Crippen LogP) is 2.98. The summed E-state index contributed by atoms with van der Waals surface area (Å²) in [5.74, 6) is -0.578. The van der Waals surface area contributed by atoms with Gasteiger partial charge in [0.1, 0.15) is 12.4 Å². The third-order valence-electron chi connectivity index (χ3n) is 5.75. The quantitative estimate of drug-likeness (QED) is 0.323. The van der Waals surface area contributed by atoms with Gasteiger partial charge < -0.3 is 10.5 Å². The van der Waals surface area contributed by atoms with Gasteiger partial charge in [-0.15, -0.1) is 0 Å². The average Bonchev–Trinajstić information content (AvgIpc) is 2.81. The molecule has 1 heterocycles. The number of para-hydroxylation sites is 1. The van der Waals surface area contributed by atoms with Gasteiger partial charge in [-0.2, -0.15) is 0 Å². The fourth-order valence-electron chi connectivity index (χ4n) is 4.08. The van der Waals surface area contributed by atoms with Crippen LogP contribution in [0, 0.1) is 6.92 Å². The molecule has 0 aliphatic rings. The summed E-state index contributed by atoms with van der Waals surface area (Å²) in [6.45, 7) is 7.31. The summed E-state index contributed by atoms with van der Waals surface area (Å²) >= 11 is 0. The van der Waals surface area contributed by atoms with Crippen molar-refractivity contribution in [2.45, 2.75) is 39.8 Å². The first-order valence-electron chi connectivity index (χ1n) is 11.0. The van der Waals surface area contributed by atoms with Crippen LogP contribution in [0.1, 0.15) is 41.0 Å². The summed E-state index contributed by atoms with van der Waals surface area (Å²) in [5, 5.41) is 10.2. The van der Waals surface area contributed by atoms with Crippen LogP contribution in [0.15, 0.2) is 48.5 Å². The first kappa shape index (κ1) is 24.2. The Morgan fingerprint density at radius 3 is 2.52 bits per heavy atom. The Labute approximate surface area is 193 Å². The molecule has 1 atom stereocenters. The lowest BCUT2D eigenvalue weighted by molar-refractivity contribution is -0.134. The molecule has 0 bridgehead atoms. The number of amides is 2. The van der Waals surface area contributed by atoms with Gasteiger partial charge >= 0.3 is 0 Å². The number of fused-ring (bicyclic) bond motifs is 1. The van der Waals surface area contributed by atoms with Crippen LogP contribution in [0.2, 0.25) is 0 Å². The number of primary amides is 1. The lowest BCUT2D eigenvalue weighted by Gasteiger charge is -2.28. The first-order chi connectivity index (χ1) is 15.9. The maximum absolute atomic E-state index is 12.4. The van der Waals surface area contributed by atoms with Gasteiger partial charge in [-0.3, -0.25) is 24.7 Å². The number of ether oxygens (including phenoxy) is 1. The fraction of sp³-hybridized carbons (Fsp3) is 0.320. The van der Waals surface area contributed by atoms with E-state index in [1.165, 1.54) is 0 Å². The lowest BCUT2D eigenvalue weighted by atomic mass is 9.98. The zero-order valence-electron chi connectivity index (χ0n) is 19.2. The van der Waals surface area contributed by atoms with Crippen molar-refractivity contribution in [3.05, 3.63) is 70.9 Å². The summed E-state index contributed by atoms with van der Waals surface area (Å²) in [5.41, 5.74) is 11.0. The van der Waals surface area contributed by atoms with E-state index in [-0.39, 0.29) is 6.42 Å². The number of nitrogens with two attached hydrogens (primary N) is 1. The van der Waals surface area contributed by atoms with E-state index < -0.39 is 17.9 Å². The van der Waals surface area contributed by atoms with Gasteiger partial charge in [-0.25, -0.2) is 5.48 Å². The largest absolute Gasteiger partial charge is 0.489 e. The smallest absolute Gasteiger partial charge is 0.261 e. The lowest BCUT2D eigenvalue weighted by Crippen LogP contribution is -2.47. The van der Waals surface area contributed by atoms with Crippen molar-refractivity contribution in [2.24, 2.45) is 5.73 Å². The highest BCUT2D eigenvalue weighted by atomic mass is 16.5. The normalized spacial score (nSPS) is 12.0. The van der Waals surface area contributed by atoms with E-state index in [1.54, 1.807) is 23.7 Å². The second kappa shape index (κ2) is 10.9. The molecule has 2 amide bonds. The molecule has 8 heteroatoms. The minimum absolute atomic E-state index is 0.195. The van der Waals surface area contributed by atoms with Crippen LogP contribution >= 0.6 is 0 Å². The molecular formula is C25H30N4O4. The van der Waals surface area contributed by atoms with Crippen molar-refractivity contribution in [2.75, 3.05) is 13.1 Å². The van der Waals surface area contributed by atoms with Gasteiger partial charge in [0, 0.05) is 22.2 Å². The van der Waals surface area contributed by atoms with Crippen LogP contribution in [0.25, 0.3) is 10.9 Å². The molecule has 8 nitrogen and oxygen atoms in total. The fourth-order valence-corrected chi connectivity index (χ4v) is 4.08. The maximum Gasteiger partial charge on any atom is 0.261 e. The van der Waals surface area contributed by atoms with Crippen LogP contribution < -0.4 is 16.0 Å². The number of hydrogen-bond acceptors (Lipinski definition) is 6. The second-order valence-corrected chi connectivity index (χ2v) is 7.83. The molecule has 0 saturated carbocycles. The molecule has 0 aliphatic carbocycles. The van der Waals surface area contributed by atoms with Gasteiger partial charge in [-0.1, -0.05) is 32.0 Å². The number of carbonyl (C=O) groups is 2. The van der Waals surface area contributed by atoms with Crippen LogP contribution in [0.3, 0.4) is 0 Å². The zero-order chi connectivity index (χ0) is 24.0. The van der Waals surface area contributed by atoms with Crippen molar-refractivity contribution < 1.29 is 19.5 Å². The molecule has 0 spiro atoms. The Hall–Kier alpha value is -3.49. The number of aryl methyl sites for hydroxylation is 1. The Morgan fingerprint density at radius 2 is 1.85 bits per heavy atom. The number of aromatic nitrogens is 1. The zero-order valence-corrected chi connectivity index (χ0v) is 19.2. The van der Waals surface area contributed by atoms with Crippen LogP contribution in [0.4, 0.5) is 0 Å². The number of nitrogens with zero attached hydrogens (tertiary/aromatic N) is 2. The summed E-state index contributed by atoms with van der Waals surface area (Å²) < 4.78 is 6.07. The molecule has 0 unspecified atom stereocenters. The number of hydrogen-bond donors (Lipinski definition) is 3. The summed E-state index contributed by atoms with van der Waals surface area (Å²) in [7, 11) is 0. The summed E-state index contributed by atoms with van der Waals surface area (Å²) in [6.07, 6.45) is 0.195. The minimum Gasteiger partial charge on any atom is -0.489 e. The number of likely N-dealkylation sites (N-methyl/N-ethyl adjacent to an activating group) is 1. The van der Waals surface area contributed by atoms with E-state index in [9.17, 15) is 14.8 Å². The van der Waals surface area contributed by atoms with Crippen molar-refractivity contribution in [3.8, 4) is 5.75 Å². The molecule has 174 valence electrons.